The van der Waals surface area contributed by atoms with Gasteiger partial charge in [-0.3, -0.25) is 9.36 Å². The summed E-state index contributed by atoms with van der Waals surface area (Å²) in [7, 11) is 1.40. The van der Waals surface area contributed by atoms with Gasteiger partial charge in [-0.15, -0.1) is 10.2 Å². The number of hydrogen-bond donors (Lipinski definition) is 0. The van der Waals surface area contributed by atoms with Crippen molar-refractivity contribution in [3.05, 3.63) is 65.7 Å². The Kier molecular flexibility index (Phi) is 6.42. The highest BCUT2D eigenvalue weighted by Crippen LogP contribution is 2.30. The van der Waals surface area contributed by atoms with Gasteiger partial charge in [0.25, 0.3) is 0 Å². The van der Waals surface area contributed by atoms with Crippen LogP contribution in [0.1, 0.15) is 38.8 Å². The first-order valence-electron chi connectivity index (χ1n) is 9.62. The Balaban J connectivity index is 1.99. The van der Waals surface area contributed by atoms with Gasteiger partial charge < -0.3 is 4.74 Å². The zero-order valence-electron chi connectivity index (χ0n) is 17.5. The Labute approximate surface area is 176 Å². The molecule has 0 N–H and O–H groups in total. The minimum atomic E-state index is -0.366. The van der Waals surface area contributed by atoms with Gasteiger partial charge in [0.05, 0.1) is 13.7 Å². The lowest BCUT2D eigenvalue weighted by molar-refractivity contribution is -0.139. The van der Waals surface area contributed by atoms with E-state index in [9.17, 15) is 4.79 Å². The van der Waals surface area contributed by atoms with E-state index >= 15 is 0 Å². The van der Waals surface area contributed by atoms with E-state index in [-0.39, 0.29) is 16.6 Å². The molecule has 0 saturated carbocycles. The molecule has 0 amide bonds. The second-order valence-corrected chi connectivity index (χ2v) is 9.30. The van der Waals surface area contributed by atoms with Crippen molar-refractivity contribution in [2.75, 3.05) is 7.11 Å². The highest BCUT2D eigenvalue weighted by Gasteiger charge is 2.22. The first-order chi connectivity index (χ1) is 13.8. The van der Waals surface area contributed by atoms with Crippen molar-refractivity contribution in [1.29, 1.82) is 0 Å². The number of benzene rings is 2. The summed E-state index contributed by atoms with van der Waals surface area (Å²) in [4.78, 5) is 11.9. The van der Waals surface area contributed by atoms with E-state index < -0.39 is 0 Å². The summed E-state index contributed by atoms with van der Waals surface area (Å²) < 4.78 is 6.92. The zero-order valence-corrected chi connectivity index (χ0v) is 18.4. The molecule has 0 unspecified atom stereocenters. The molecule has 1 aromatic heterocycles. The number of carbonyl (C=O) groups excluding carboxylic acids is 1. The highest BCUT2D eigenvalue weighted by atomic mass is 32.2. The van der Waals surface area contributed by atoms with Gasteiger partial charge in [0.2, 0.25) is 0 Å². The van der Waals surface area contributed by atoms with E-state index in [1.165, 1.54) is 24.4 Å². The number of thioether (sulfide) groups is 1. The fourth-order valence-corrected chi connectivity index (χ4v) is 3.86. The van der Waals surface area contributed by atoms with Crippen LogP contribution in [-0.2, 0) is 21.5 Å². The van der Waals surface area contributed by atoms with E-state index in [1.54, 1.807) is 0 Å². The molecule has 0 fully saturated rings. The number of esters is 1. The Morgan fingerprint density at radius 3 is 2.31 bits per heavy atom. The fraction of sp³-hybridized carbons (Fsp3) is 0.348. The molecule has 0 aliphatic rings. The van der Waals surface area contributed by atoms with Crippen LogP contribution in [0.15, 0.2) is 59.8 Å². The topological polar surface area (TPSA) is 57.0 Å². The number of carbonyl (C=O) groups is 1. The lowest BCUT2D eigenvalue weighted by Gasteiger charge is -2.19. The molecule has 29 heavy (non-hydrogen) atoms. The molecule has 1 atom stereocenters. The first-order valence-corrected chi connectivity index (χ1v) is 10.5. The smallest absolute Gasteiger partial charge is 0.318 e. The second kappa shape index (κ2) is 8.82. The first kappa shape index (κ1) is 21.1. The highest BCUT2D eigenvalue weighted by molar-refractivity contribution is 8.00. The molecule has 152 valence electrons. The molecule has 1 heterocycles. The van der Waals surface area contributed by atoms with Gasteiger partial charge in [0.1, 0.15) is 5.25 Å². The summed E-state index contributed by atoms with van der Waals surface area (Å²) >= 11 is 1.36. The van der Waals surface area contributed by atoms with Gasteiger partial charge in [-0.1, -0.05) is 87.1 Å². The van der Waals surface area contributed by atoms with Gasteiger partial charge in [-0.05, 0) is 23.5 Å². The summed E-state index contributed by atoms with van der Waals surface area (Å²) in [5, 5.41) is 9.17. The molecule has 0 bridgehead atoms. The molecule has 6 heteroatoms. The molecule has 3 rings (SSSR count). The van der Waals surface area contributed by atoms with Crippen LogP contribution in [-0.4, -0.2) is 33.1 Å². The lowest BCUT2D eigenvalue weighted by atomic mass is 9.87. The van der Waals surface area contributed by atoms with Crippen LogP contribution in [0.5, 0.6) is 0 Å². The Hall–Kier alpha value is -2.60. The number of aromatic nitrogens is 3. The maximum Gasteiger partial charge on any atom is 0.318 e. The predicted molar refractivity (Wildman–Crippen MR) is 117 cm³/mol. The van der Waals surface area contributed by atoms with E-state index in [4.69, 9.17) is 4.74 Å². The molecule has 0 aliphatic carbocycles. The maximum absolute atomic E-state index is 11.9. The van der Waals surface area contributed by atoms with Crippen molar-refractivity contribution in [3.63, 3.8) is 0 Å². The molecule has 0 saturated heterocycles. The Bertz CT molecular complexity index is 960. The Morgan fingerprint density at radius 1 is 1.07 bits per heavy atom. The summed E-state index contributed by atoms with van der Waals surface area (Å²) in [5.41, 5.74) is 3.50. The predicted octanol–water partition coefficient (Wildman–Crippen LogP) is 4.94. The van der Waals surface area contributed by atoms with Crippen molar-refractivity contribution in [2.24, 2.45) is 0 Å². The third kappa shape index (κ3) is 5.07. The van der Waals surface area contributed by atoms with Gasteiger partial charge >= 0.3 is 5.97 Å². The normalized spacial score (nSPS) is 12.6. The van der Waals surface area contributed by atoms with Crippen LogP contribution in [0.4, 0.5) is 0 Å². The molecule has 2 aromatic carbocycles. The average molecular weight is 410 g/mol. The quantitative estimate of drug-likeness (QED) is 0.426. The number of nitrogens with zero attached hydrogens (tertiary/aromatic N) is 3. The summed E-state index contributed by atoms with van der Waals surface area (Å²) in [5.74, 6) is 0.509. The second-order valence-electron chi connectivity index (χ2n) is 7.99. The van der Waals surface area contributed by atoms with Gasteiger partial charge in [-0.25, -0.2) is 0 Å². The Morgan fingerprint density at radius 2 is 1.72 bits per heavy atom. The van der Waals surface area contributed by atoms with Crippen molar-refractivity contribution in [3.8, 4) is 11.4 Å². The van der Waals surface area contributed by atoms with E-state index in [0.29, 0.717) is 11.7 Å². The van der Waals surface area contributed by atoms with E-state index in [2.05, 4.69) is 71.9 Å². The standard InChI is InChI=1S/C23H27N3O2S/c1-16(21(27)28-5)29-22-25-24-20(26(22)15-17-9-7-6-8-10-17)18-11-13-19(14-12-18)23(2,3)4/h6-14,16H,15H2,1-5H3/t16-/m0/s1. The monoisotopic (exact) mass is 409 g/mol. The maximum atomic E-state index is 11.9. The van der Waals surface area contributed by atoms with Crippen LogP contribution in [0.3, 0.4) is 0 Å². The van der Waals surface area contributed by atoms with Crippen LogP contribution in [0.25, 0.3) is 11.4 Å². The van der Waals surface area contributed by atoms with Crippen molar-refractivity contribution >= 4 is 17.7 Å². The third-order valence-electron chi connectivity index (χ3n) is 4.72. The van der Waals surface area contributed by atoms with Gasteiger partial charge in [-0.2, -0.15) is 0 Å². The third-order valence-corrected chi connectivity index (χ3v) is 5.78. The molecule has 0 radical (unpaired) electrons. The zero-order chi connectivity index (χ0) is 21.0. The molecule has 0 spiro atoms. The van der Waals surface area contributed by atoms with Crippen LogP contribution < -0.4 is 0 Å². The molecule has 0 aliphatic heterocycles. The van der Waals surface area contributed by atoms with E-state index in [1.807, 2.05) is 25.1 Å². The summed E-state index contributed by atoms with van der Waals surface area (Å²) in [6.07, 6.45) is 0. The van der Waals surface area contributed by atoms with Crippen molar-refractivity contribution < 1.29 is 9.53 Å². The van der Waals surface area contributed by atoms with Crippen molar-refractivity contribution in [2.45, 2.75) is 50.1 Å². The number of hydrogen-bond acceptors (Lipinski definition) is 5. The van der Waals surface area contributed by atoms with Crippen LogP contribution in [0, 0.1) is 0 Å². The largest absolute Gasteiger partial charge is 0.468 e. The fourth-order valence-electron chi connectivity index (χ4n) is 2.99. The number of methoxy groups -OCH3 is 1. The number of ether oxygens (including phenoxy) is 1. The summed E-state index contributed by atoms with van der Waals surface area (Å²) in [6, 6.07) is 18.6. The lowest BCUT2D eigenvalue weighted by Crippen LogP contribution is -2.16. The molecular formula is C23H27N3O2S. The number of rotatable bonds is 6. The van der Waals surface area contributed by atoms with Gasteiger partial charge in [0.15, 0.2) is 11.0 Å². The minimum absolute atomic E-state index is 0.0905. The van der Waals surface area contributed by atoms with Crippen LogP contribution in [0.2, 0.25) is 0 Å². The van der Waals surface area contributed by atoms with Crippen LogP contribution >= 0.6 is 11.8 Å². The van der Waals surface area contributed by atoms with E-state index in [0.717, 1.165) is 17.0 Å². The van der Waals surface area contributed by atoms with Crippen molar-refractivity contribution in [1.82, 2.24) is 14.8 Å². The SMILES string of the molecule is COC(=O)[C@H](C)Sc1nnc(-c2ccc(C(C)(C)C)cc2)n1Cc1ccccc1. The van der Waals surface area contributed by atoms with Gasteiger partial charge in [0, 0.05) is 5.56 Å². The summed E-state index contributed by atoms with van der Waals surface area (Å²) in [6.45, 7) is 9.03. The minimum Gasteiger partial charge on any atom is -0.468 e. The molecular weight excluding hydrogens is 382 g/mol. The average Bonchev–Trinajstić information content (AvgIpc) is 3.09. The molecule has 5 nitrogen and oxygen atoms in total. The molecule has 3 aromatic rings.